The van der Waals surface area contributed by atoms with Crippen LogP contribution in [0.1, 0.15) is 20.3 Å². The predicted octanol–water partition coefficient (Wildman–Crippen LogP) is 3.26. The summed E-state index contributed by atoms with van der Waals surface area (Å²) in [4.78, 5) is 10.1. The Kier molecular flexibility index (Phi) is 6.17. The monoisotopic (exact) mass is 334 g/mol. The minimum atomic E-state index is -0.680. The molecule has 0 aliphatic rings. The van der Waals surface area contributed by atoms with Crippen LogP contribution in [0.4, 0.5) is 10.1 Å². The molecule has 0 spiro atoms. The Balaban J connectivity index is 2.62. The number of benzene rings is 1. The van der Waals surface area contributed by atoms with Crippen molar-refractivity contribution in [2.45, 2.75) is 26.3 Å². The quantitative estimate of drug-likeness (QED) is 0.472. The maximum atomic E-state index is 13.2. The summed E-state index contributed by atoms with van der Waals surface area (Å²) in [5.74, 6) is -0.608. The van der Waals surface area contributed by atoms with Crippen LogP contribution >= 0.6 is 15.9 Å². The van der Waals surface area contributed by atoms with Gasteiger partial charge in [-0.05, 0) is 28.9 Å². The summed E-state index contributed by atoms with van der Waals surface area (Å²) < 4.78 is 18.7. The second-order valence-corrected chi connectivity index (χ2v) is 5.16. The summed E-state index contributed by atoms with van der Waals surface area (Å²) in [5, 5.41) is 14.0. The van der Waals surface area contributed by atoms with Gasteiger partial charge in [0, 0.05) is 12.1 Å². The molecule has 5 nitrogen and oxygen atoms in total. The van der Waals surface area contributed by atoms with Crippen LogP contribution < -0.4 is 10.1 Å². The SMILES string of the molecule is CC(C)NCCCOc1cc(Br)c(F)cc1[N+](=O)[O-]. The standard InChI is InChI=1S/C12H16BrFN2O3/c1-8(2)15-4-3-5-19-12-6-9(13)10(14)7-11(12)16(17)18/h6-8,15H,3-5H2,1-2H3. The number of ether oxygens (including phenoxy) is 1. The van der Waals surface area contributed by atoms with Crippen molar-refractivity contribution in [2.24, 2.45) is 0 Å². The molecule has 0 aliphatic carbocycles. The highest BCUT2D eigenvalue weighted by Crippen LogP contribution is 2.32. The Morgan fingerprint density at radius 2 is 2.21 bits per heavy atom. The van der Waals surface area contributed by atoms with Crippen molar-refractivity contribution in [1.29, 1.82) is 0 Å². The maximum absolute atomic E-state index is 13.2. The van der Waals surface area contributed by atoms with Gasteiger partial charge in [-0.1, -0.05) is 13.8 Å². The highest BCUT2D eigenvalue weighted by Gasteiger charge is 2.18. The van der Waals surface area contributed by atoms with Gasteiger partial charge in [-0.15, -0.1) is 0 Å². The van der Waals surface area contributed by atoms with E-state index in [0.29, 0.717) is 19.1 Å². The Bertz CT molecular complexity index is 455. The molecule has 1 N–H and O–H groups in total. The molecule has 0 unspecified atom stereocenters. The van der Waals surface area contributed by atoms with E-state index in [2.05, 4.69) is 21.2 Å². The van der Waals surface area contributed by atoms with Gasteiger partial charge < -0.3 is 10.1 Å². The summed E-state index contributed by atoms with van der Waals surface area (Å²) >= 11 is 2.98. The number of hydrogen-bond donors (Lipinski definition) is 1. The first-order chi connectivity index (χ1) is 8.91. The number of rotatable bonds is 7. The first-order valence-corrected chi connectivity index (χ1v) is 6.70. The van der Waals surface area contributed by atoms with Crippen LogP contribution in [-0.2, 0) is 0 Å². The molecule has 0 aromatic heterocycles. The molecular formula is C12H16BrFN2O3. The number of nitrogens with one attached hydrogen (secondary N) is 1. The molecule has 0 heterocycles. The van der Waals surface area contributed by atoms with Crippen molar-refractivity contribution in [3.63, 3.8) is 0 Å². The van der Waals surface area contributed by atoms with Crippen LogP contribution in [0.25, 0.3) is 0 Å². The molecule has 1 aromatic carbocycles. The minimum absolute atomic E-state index is 0.0721. The molecule has 19 heavy (non-hydrogen) atoms. The summed E-state index contributed by atoms with van der Waals surface area (Å²) in [6.45, 7) is 5.15. The molecule has 0 amide bonds. The van der Waals surface area contributed by atoms with E-state index in [4.69, 9.17) is 4.74 Å². The van der Waals surface area contributed by atoms with Crippen LogP contribution in [0.2, 0.25) is 0 Å². The van der Waals surface area contributed by atoms with Gasteiger partial charge in [0.2, 0.25) is 0 Å². The molecule has 0 atom stereocenters. The van der Waals surface area contributed by atoms with Crippen LogP contribution in [0.3, 0.4) is 0 Å². The molecule has 0 bridgehead atoms. The van der Waals surface area contributed by atoms with Gasteiger partial charge >= 0.3 is 5.69 Å². The summed E-state index contributed by atoms with van der Waals surface area (Å²) in [5.41, 5.74) is -0.363. The molecule has 0 saturated heterocycles. The normalized spacial score (nSPS) is 10.8. The second kappa shape index (κ2) is 7.40. The molecule has 7 heteroatoms. The minimum Gasteiger partial charge on any atom is -0.487 e. The average Bonchev–Trinajstić information content (AvgIpc) is 2.32. The number of halogens is 2. The summed E-state index contributed by atoms with van der Waals surface area (Å²) in [6, 6.07) is 2.52. The van der Waals surface area contributed by atoms with E-state index in [1.165, 1.54) is 6.07 Å². The zero-order valence-corrected chi connectivity index (χ0v) is 12.4. The van der Waals surface area contributed by atoms with Gasteiger partial charge in [0.1, 0.15) is 5.82 Å². The highest BCUT2D eigenvalue weighted by atomic mass is 79.9. The Hall–Kier alpha value is -1.21. The Morgan fingerprint density at radius 3 is 2.79 bits per heavy atom. The number of hydrogen-bond acceptors (Lipinski definition) is 4. The zero-order valence-electron chi connectivity index (χ0n) is 10.8. The smallest absolute Gasteiger partial charge is 0.313 e. The Labute approximate surface area is 119 Å². The van der Waals surface area contributed by atoms with E-state index in [0.717, 1.165) is 12.6 Å². The lowest BCUT2D eigenvalue weighted by molar-refractivity contribution is -0.386. The van der Waals surface area contributed by atoms with E-state index >= 15 is 0 Å². The highest BCUT2D eigenvalue weighted by molar-refractivity contribution is 9.10. The third-order valence-corrected chi connectivity index (χ3v) is 2.94. The van der Waals surface area contributed by atoms with Crippen LogP contribution in [0, 0.1) is 15.9 Å². The molecule has 0 fully saturated rings. The van der Waals surface area contributed by atoms with Crippen molar-refractivity contribution in [3.05, 3.63) is 32.5 Å². The topological polar surface area (TPSA) is 64.4 Å². The van der Waals surface area contributed by atoms with E-state index in [1.54, 1.807) is 0 Å². The maximum Gasteiger partial charge on any atom is 0.313 e. The fourth-order valence-corrected chi connectivity index (χ4v) is 1.74. The van der Waals surface area contributed by atoms with Crippen molar-refractivity contribution in [3.8, 4) is 5.75 Å². The first-order valence-electron chi connectivity index (χ1n) is 5.91. The lowest BCUT2D eigenvalue weighted by atomic mass is 10.3. The fraction of sp³-hybridized carbons (Fsp3) is 0.500. The molecule has 0 saturated carbocycles. The van der Waals surface area contributed by atoms with Gasteiger partial charge in [-0.25, -0.2) is 4.39 Å². The Morgan fingerprint density at radius 1 is 1.53 bits per heavy atom. The number of nitrogens with zero attached hydrogens (tertiary/aromatic N) is 1. The van der Waals surface area contributed by atoms with Gasteiger partial charge in [0.15, 0.2) is 5.75 Å². The third kappa shape index (κ3) is 5.12. The lowest BCUT2D eigenvalue weighted by Crippen LogP contribution is -2.24. The molecule has 0 aliphatic heterocycles. The molecule has 1 aromatic rings. The largest absolute Gasteiger partial charge is 0.487 e. The number of nitro groups is 1. The zero-order chi connectivity index (χ0) is 14.4. The molecule has 1 rings (SSSR count). The van der Waals surface area contributed by atoms with Crippen LogP contribution in [0.5, 0.6) is 5.75 Å². The van der Waals surface area contributed by atoms with E-state index in [-0.39, 0.29) is 15.9 Å². The predicted molar refractivity (Wildman–Crippen MR) is 74.0 cm³/mol. The molecular weight excluding hydrogens is 319 g/mol. The van der Waals surface area contributed by atoms with Crippen molar-refractivity contribution < 1.29 is 14.1 Å². The van der Waals surface area contributed by atoms with Gasteiger partial charge in [-0.2, -0.15) is 0 Å². The van der Waals surface area contributed by atoms with Gasteiger partial charge in [-0.3, -0.25) is 10.1 Å². The lowest BCUT2D eigenvalue weighted by Gasteiger charge is -2.10. The third-order valence-electron chi connectivity index (χ3n) is 2.33. The van der Waals surface area contributed by atoms with Crippen molar-refractivity contribution >= 4 is 21.6 Å². The number of nitro benzene ring substituents is 1. The van der Waals surface area contributed by atoms with E-state index in [9.17, 15) is 14.5 Å². The summed E-state index contributed by atoms with van der Waals surface area (Å²) in [6.07, 6.45) is 0.713. The van der Waals surface area contributed by atoms with Crippen LogP contribution in [-0.4, -0.2) is 24.1 Å². The fourth-order valence-electron chi connectivity index (χ4n) is 1.42. The van der Waals surface area contributed by atoms with Crippen LogP contribution in [0.15, 0.2) is 16.6 Å². The summed E-state index contributed by atoms with van der Waals surface area (Å²) in [7, 11) is 0. The first kappa shape index (κ1) is 15.8. The van der Waals surface area contributed by atoms with Crippen molar-refractivity contribution in [2.75, 3.05) is 13.2 Å². The van der Waals surface area contributed by atoms with Crippen molar-refractivity contribution in [1.82, 2.24) is 5.32 Å². The van der Waals surface area contributed by atoms with E-state index < -0.39 is 10.7 Å². The van der Waals surface area contributed by atoms with E-state index in [1.807, 2.05) is 13.8 Å². The van der Waals surface area contributed by atoms with Gasteiger partial charge in [0.05, 0.1) is 22.1 Å². The molecule has 0 radical (unpaired) electrons. The molecule has 106 valence electrons. The second-order valence-electron chi connectivity index (χ2n) is 4.30. The average molecular weight is 335 g/mol. The van der Waals surface area contributed by atoms with Gasteiger partial charge in [0.25, 0.3) is 0 Å².